The Bertz CT molecular complexity index is 1820. The van der Waals surface area contributed by atoms with E-state index in [1.165, 1.54) is 34.9 Å². The molecule has 2 N–H and O–H groups in total. The molecule has 1 amide bonds. The summed E-state index contributed by atoms with van der Waals surface area (Å²) in [6.07, 6.45) is 1.71. The molecule has 0 aliphatic carbocycles. The average molecular weight is 574 g/mol. The molecule has 12 heteroatoms. The number of carbonyl (C=O) groups is 2. The number of phenols is 1. The predicted molar refractivity (Wildman–Crippen MR) is 149 cm³/mol. The number of phenolic OH excluding ortho intramolecular Hbond substituents is 1. The van der Waals surface area contributed by atoms with Crippen LogP contribution in [0.3, 0.4) is 0 Å². The van der Waals surface area contributed by atoms with Gasteiger partial charge >= 0.3 is 5.91 Å². The highest BCUT2D eigenvalue weighted by Gasteiger charge is 2.48. The Morgan fingerprint density at radius 3 is 2.58 bits per heavy atom. The summed E-state index contributed by atoms with van der Waals surface area (Å²) < 4.78 is 16.2. The summed E-state index contributed by atoms with van der Waals surface area (Å²) in [7, 11) is 0. The maximum Gasteiger partial charge on any atom is 0.301 e. The number of anilines is 1. The number of imidazole rings is 1. The number of pyridine rings is 1. The van der Waals surface area contributed by atoms with Crippen molar-refractivity contribution in [1.29, 1.82) is 0 Å². The van der Waals surface area contributed by atoms with E-state index < -0.39 is 17.7 Å². The Balaban J connectivity index is 1.44. The van der Waals surface area contributed by atoms with Crippen LogP contribution >= 0.6 is 23.1 Å². The number of rotatable bonds is 6. The van der Waals surface area contributed by atoms with E-state index in [1.807, 2.05) is 0 Å². The number of thioether (sulfide) groups is 1. The van der Waals surface area contributed by atoms with Crippen molar-refractivity contribution in [3.05, 3.63) is 107 Å². The molecule has 1 atom stereocenters. The van der Waals surface area contributed by atoms with Crippen LogP contribution in [0.15, 0.2) is 82.8 Å². The van der Waals surface area contributed by atoms with Gasteiger partial charge in [0.2, 0.25) is 5.13 Å². The molecule has 0 saturated carbocycles. The van der Waals surface area contributed by atoms with Crippen molar-refractivity contribution in [3.63, 3.8) is 0 Å². The number of carbonyl (C=O) groups excluding carboxylic acids is 2. The lowest BCUT2D eigenvalue weighted by atomic mass is 9.96. The molecular formula is C28H20FN5O4S2. The summed E-state index contributed by atoms with van der Waals surface area (Å²) in [5, 5.41) is 29.9. The molecule has 1 unspecified atom stereocenters. The minimum absolute atomic E-state index is 0.000996. The molecule has 3 aromatic heterocycles. The molecule has 1 fully saturated rings. The monoisotopic (exact) mass is 573 g/mol. The van der Waals surface area contributed by atoms with Crippen molar-refractivity contribution < 1.29 is 24.2 Å². The molecule has 1 aliphatic rings. The number of halogens is 1. The van der Waals surface area contributed by atoms with Crippen molar-refractivity contribution in [2.24, 2.45) is 0 Å². The number of ketones is 1. The highest BCUT2D eigenvalue weighted by atomic mass is 32.2. The summed E-state index contributed by atoms with van der Waals surface area (Å²) in [4.78, 5) is 32.6. The number of nitrogens with zero attached hydrogens (tertiary/aromatic N) is 5. The summed E-state index contributed by atoms with van der Waals surface area (Å²) in [6.45, 7) is 1.71. The minimum atomic E-state index is -1.05. The van der Waals surface area contributed by atoms with E-state index in [4.69, 9.17) is 0 Å². The first-order valence-electron chi connectivity index (χ1n) is 12.1. The van der Waals surface area contributed by atoms with Gasteiger partial charge in [0.1, 0.15) is 22.9 Å². The Kier molecular flexibility index (Phi) is 6.56. The minimum Gasteiger partial charge on any atom is -0.508 e. The molecule has 9 nitrogen and oxygen atoms in total. The zero-order valence-corrected chi connectivity index (χ0v) is 22.5. The van der Waals surface area contributed by atoms with Gasteiger partial charge in [0.15, 0.2) is 10.1 Å². The number of amides is 1. The zero-order chi connectivity index (χ0) is 28.0. The van der Waals surface area contributed by atoms with Gasteiger partial charge in [0.05, 0.1) is 17.3 Å². The summed E-state index contributed by atoms with van der Waals surface area (Å²) >= 11 is 2.33. The number of Topliss-reactive ketones (excluding diaryl/α,β-unsaturated/α-hetero) is 1. The molecule has 4 heterocycles. The number of hydrogen-bond acceptors (Lipinski definition) is 9. The van der Waals surface area contributed by atoms with E-state index in [0.29, 0.717) is 32.6 Å². The second-order valence-electron chi connectivity index (χ2n) is 8.97. The number of hydrogen-bond donors (Lipinski definition) is 2. The quantitative estimate of drug-likeness (QED) is 0.0928. The van der Waals surface area contributed by atoms with Gasteiger partial charge in [-0.15, -0.1) is 10.2 Å². The molecule has 2 aromatic carbocycles. The molecule has 200 valence electrons. The van der Waals surface area contributed by atoms with Crippen molar-refractivity contribution in [3.8, 4) is 5.75 Å². The van der Waals surface area contributed by atoms with E-state index in [1.54, 1.807) is 66.1 Å². The third-order valence-corrected chi connectivity index (χ3v) is 8.60. The molecule has 0 radical (unpaired) electrons. The fraction of sp³-hybridized carbons (Fsp3) is 0.107. The van der Waals surface area contributed by atoms with Gasteiger partial charge in [-0.3, -0.25) is 18.9 Å². The van der Waals surface area contributed by atoms with Crippen molar-refractivity contribution in [1.82, 2.24) is 19.6 Å². The van der Waals surface area contributed by atoms with Crippen LogP contribution in [0.2, 0.25) is 0 Å². The van der Waals surface area contributed by atoms with Crippen molar-refractivity contribution in [2.45, 2.75) is 23.1 Å². The number of aryl methyl sites for hydroxylation is 1. The lowest BCUT2D eigenvalue weighted by molar-refractivity contribution is -0.132. The highest BCUT2D eigenvalue weighted by Crippen LogP contribution is 2.44. The van der Waals surface area contributed by atoms with Gasteiger partial charge < -0.3 is 10.2 Å². The number of aliphatic hydroxyl groups is 1. The van der Waals surface area contributed by atoms with Gasteiger partial charge in [-0.2, -0.15) is 0 Å². The van der Waals surface area contributed by atoms with E-state index >= 15 is 0 Å². The predicted octanol–water partition coefficient (Wildman–Crippen LogP) is 5.26. The van der Waals surface area contributed by atoms with Crippen LogP contribution in [0.25, 0.3) is 11.4 Å². The second-order valence-corrected chi connectivity index (χ2v) is 11.1. The third-order valence-electron chi connectivity index (χ3n) is 6.49. The maximum absolute atomic E-state index is 14.1. The number of aliphatic hydroxyl groups excluding tert-OH is 1. The normalized spacial score (nSPS) is 16.8. The SMILES string of the molecule is Cc1nc2ccccn2c1C(O)=C1C(=O)C(=O)N(c2nnc(SCc3ccccc3F)s2)C1c1ccc(O)cc1. The Hall–Kier alpha value is -4.55. The molecule has 0 spiro atoms. The Morgan fingerprint density at radius 2 is 1.80 bits per heavy atom. The van der Waals surface area contributed by atoms with Crippen LogP contribution in [0.4, 0.5) is 9.52 Å². The van der Waals surface area contributed by atoms with E-state index in [0.717, 1.165) is 11.3 Å². The maximum atomic E-state index is 14.1. The molecule has 0 bridgehead atoms. The van der Waals surface area contributed by atoms with Gasteiger partial charge in [0, 0.05) is 11.9 Å². The topological polar surface area (TPSA) is 121 Å². The standard InChI is InChI=1S/C28H20FN5O4S2/c1-15-22(33-13-5-4-8-20(33)30-15)24(36)21-23(16-9-11-18(35)12-10-16)34(26(38)25(21)37)27-31-32-28(40-27)39-14-17-6-2-3-7-19(17)29/h2-13,23,35-36H,14H2,1H3. The van der Waals surface area contributed by atoms with Crippen LogP contribution in [-0.4, -0.2) is 41.5 Å². The molecule has 1 aliphatic heterocycles. The van der Waals surface area contributed by atoms with E-state index in [-0.39, 0.29) is 33.7 Å². The molecule has 6 rings (SSSR count). The molecule has 1 saturated heterocycles. The Morgan fingerprint density at radius 1 is 1.05 bits per heavy atom. The zero-order valence-electron chi connectivity index (χ0n) is 20.9. The molecular weight excluding hydrogens is 553 g/mol. The highest BCUT2D eigenvalue weighted by molar-refractivity contribution is 8.00. The van der Waals surface area contributed by atoms with Crippen molar-refractivity contribution in [2.75, 3.05) is 4.90 Å². The first-order chi connectivity index (χ1) is 19.3. The second kappa shape index (κ2) is 10.2. The third kappa shape index (κ3) is 4.40. The first-order valence-corrected chi connectivity index (χ1v) is 13.9. The van der Waals surface area contributed by atoms with Gasteiger partial charge in [-0.25, -0.2) is 9.37 Å². The number of fused-ring (bicyclic) bond motifs is 1. The van der Waals surface area contributed by atoms with Crippen LogP contribution in [0.5, 0.6) is 5.75 Å². The fourth-order valence-corrected chi connectivity index (χ4v) is 6.50. The van der Waals surface area contributed by atoms with Crippen LogP contribution in [-0.2, 0) is 15.3 Å². The largest absolute Gasteiger partial charge is 0.508 e. The Labute approximate surface area is 235 Å². The van der Waals surface area contributed by atoms with Gasteiger partial charge in [-0.1, -0.05) is 59.5 Å². The number of aromatic hydroxyl groups is 1. The average Bonchev–Trinajstić information content (AvgIpc) is 3.62. The van der Waals surface area contributed by atoms with Crippen LogP contribution in [0.1, 0.15) is 28.6 Å². The van der Waals surface area contributed by atoms with Gasteiger partial charge in [0.25, 0.3) is 5.78 Å². The van der Waals surface area contributed by atoms with E-state index in [9.17, 15) is 24.2 Å². The molecule has 5 aromatic rings. The molecule has 40 heavy (non-hydrogen) atoms. The van der Waals surface area contributed by atoms with Crippen molar-refractivity contribution >= 4 is 51.3 Å². The first kappa shape index (κ1) is 25.7. The summed E-state index contributed by atoms with van der Waals surface area (Å²) in [6, 6.07) is 16.7. The summed E-state index contributed by atoms with van der Waals surface area (Å²) in [5.74, 6) is -2.19. The van der Waals surface area contributed by atoms with E-state index in [2.05, 4.69) is 15.2 Å². The summed E-state index contributed by atoms with van der Waals surface area (Å²) in [5.41, 5.74) is 2.16. The number of benzene rings is 2. The lowest BCUT2D eigenvalue weighted by Gasteiger charge is -2.22. The fourth-order valence-electron chi connectivity index (χ4n) is 4.64. The number of aromatic nitrogens is 4. The van der Waals surface area contributed by atoms with Crippen LogP contribution in [0, 0.1) is 12.7 Å². The van der Waals surface area contributed by atoms with Gasteiger partial charge in [-0.05, 0) is 48.4 Å². The lowest BCUT2D eigenvalue weighted by Crippen LogP contribution is -2.29. The van der Waals surface area contributed by atoms with Crippen LogP contribution < -0.4 is 4.90 Å². The smallest absolute Gasteiger partial charge is 0.301 e.